The van der Waals surface area contributed by atoms with Crippen molar-refractivity contribution in [3.05, 3.63) is 191 Å². The maximum atomic E-state index is 7.14. The van der Waals surface area contributed by atoms with Crippen LogP contribution in [0, 0.1) is 0 Å². The molecule has 6 aromatic carbocycles. The monoisotopic (exact) mass is 747 g/mol. The Balaban J connectivity index is 1.06. The first-order valence-electron chi connectivity index (χ1n) is 20.4. The summed E-state index contributed by atoms with van der Waals surface area (Å²) in [7, 11) is 0. The Hall–Kier alpha value is -7.11. The van der Waals surface area contributed by atoms with Gasteiger partial charge in [0.25, 0.3) is 0 Å². The molecule has 0 radical (unpaired) electrons. The molecule has 3 aliphatic carbocycles. The Labute approximate surface area is 334 Å². The highest BCUT2D eigenvalue weighted by Gasteiger charge is 2.33. The lowest BCUT2D eigenvalue weighted by atomic mass is 9.83. The number of aliphatic imine (C=N–C) groups is 1. The molecule has 0 fully saturated rings. The average molecular weight is 748 g/mol. The number of allylic oxidation sites excluding steroid dienone is 3. The van der Waals surface area contributed by atoms with Gasteiger partial charge in [-0.15, -0.1) is 0 Å². The van der Waals surface area contributed by atoms with Crippen molar-refractivity contribution >= 4 is 72.3 Å². The Morgan fingerprint density at radius 1 is 0.672 bits per heavy atom. The summed E-state index contributed by atoms with van der Waals surface area (Å²) in [5, 5.41) is 9.81. The molecular weight excluding hydrogens is 711 g/mol. The van der Waals surface area contributed by atoms with Gasteiger partial charge in [-0.05, 0) is 83.5 Å². The first kappa shape index (κ1) is 32.0. The first-order chi connectivity index (χ1) is 28.7. The van der Waals surface area contributed by atoms with Gasteiger partial charge in [-0.2, -0.15) is 0 Å². The molecule has 0 saturated heterocycles. The van der Waals surface area contributed by atoms with E-state index in [-0.39, 0.29) is 12.1 Å². The molecule has 0 saturated carbocycles. The van der Waals surface area contributed by atoms with Crippen LogP contribution < -0.4 is 5.32 Å². The van der Waals surface area contributed by atoms with Crippen LogP contribution in [0.5, 0.6) is 0 Å². The third-order valence-electron chi connectivity index (χ3n) is 12.8. The number of fused-ring (bicyclic) bond motifs is 12. The lowest BCUT2D eigenvalue weighted by Gasteiger charge is -2.31. The third-order valence-corrected chi connectivity index (χ3v) is 12.8. The van der Waals surface area contributed by atoms with E-state index in [9.17, 15) is 0 Å². The van der Waals surface area contributed by atoms with Crippen LogP contribution in [0.15, 0.2) is 177 Å². The van der Waals surface area contributed by atoms with Gasteiger partial charge in [0.2, 0.25) is 0 Å². The summed E-state index contributed by atoms with van der Waals surface area (Å²) in [5.74, 6) is 1.93. The zero-order valence-electron chi connectivity index (χ0n) is 31.7. The maximum Gasteiger partial charge on any atom is 0.142 e. The van der Waals surface area contributed by atoms with Crippen LogP contribution in [0.3, 0.4) is 0 Å². The Morgan fingerprint density at radius 3 is 2.26 bits per heavy atom. The molecule has 13 rings (SSSR count). The van der Waals surface area contributed by atoms with E-state index in [1.807, 2.05) is 0 Å². The second-order valence-corrected chi connectivity index (χ2v) is 16.1. The molecule has 2 atom stereocenters. The fourth-order valence-corrected chi connectivity index (χ4v) is 10.3. The number of rotatable bonds is 3. The van der Waals surface area contributed by atoms with Crippen molar-refractivity contribution in [3.8, 4) is 11.1 Å². The summed E-state index contributed by atoms with van der Waals surface area (Å²) in [4.78, 5) is 5.63. The molecule has 2 unspecified atom stereocenters. The van der Waals surface area contributed by atoms with Crippen molar-refractivity contribution in [1.29, 1.82) is 0 Å². The minimum absolute atomic E-state index is 0.112. The van der Waals surface area contributed by atoms with Gasteiger partial charge in [0, 0.05) is 66.8 Å². The van der Waals surface area contributed by atoms with Gasteiger partial charge in [-0.3, -0.25) is 4.99 Å². The molecule has 0 spiro atoms. The minimum Gasteiger partial charge on any atom is -0.460 e. The van der Waals surface area contributed by atoms with Gasteiger partial charge in [-0.1, -0.05) is 121 Å². The van der Waals surface area contributed by atoms with Gasteiger partial charge in [0.1, 0.15) is 34.4 Å². The quantitative estimate of drug-likeness (QED) is 0.196. The molecule has 4 aliphatic rings. The number of nitrogens with zero attached hydrogens (tertiary/aromatic N) is 2. The van der Waals surface area contributed by atoms with Gasteiger partial charge < -0.3 is 18.7 Å². The second-order valence-electron chi connectivity index (χ2n) is 16.1. The number of para-hydroxylation sites is 2. The van der Waals surface area contributed by atoms with E-state index in [4.69, 9.17) is 13.8 Å². The Bertz CT molecular complexity index is 3330. The Morgan fingerprint density at radius 2 is 1.45 bits per heavy atom. The summed E-state index contributed by atoms with van der Waals surface area (Å²) < 4.78 is 16.4. The van der Waals surface area contributed by atoms with Crippen molar-refractivity contribution < 1.29 is 8.83 Å². The fraction of sp³-hybridized carbons (Fsp3) is 0.113. The molecule has 5 heteroatoms. The fourth-order valence-electron chi connectivity index (χ4n) is 10.3. The van der Waals surface area contributed by atoms with Crippen molar-refractivity contribution in [2.45, 2.75) is 37.8 Å². The van der Waals surface area contributed by atoms with Crippen LogP contribution in [0.4, 0.5) is 0 Å². The number of nitrogens with one attached hydrogen (secondary N) is 1. The Kier molecular flexibility index (Phi) is 6.73. The summed E-state index contributed by atoms with van der Waals surface area (Å²) in [6.45, 7) is 0. The molecule has 3 aromatic heterocycles. The summed E-state index contributed by atoms with van der Waals surface area (Å²) in [6, 6.07) is 45.9. The van der Waals surface area contributed by atoms with Crippen molar-refractivity contribution in [3.63, 3.8) is 0 Å². The normalized spacial score (nSPS) is 18.6. The summed E-state index contributed by atoms with van der Waals surface area (Å²) in [6.07, 6.45) is 15.0. The van der Waals surface area contributed by atoms with Crippen molar-refractivity contribution in [1.82, 2.24) is 9.88 Å². The van der Waals surface area contributed by atoms with Gasteiger partial charge >= 0.3 is 0 Å². The number of hydrogen-bond acceptors (Lipinski definition) is 4. The highest BCUT2D eigenvalue weighted by molar-refractivity contribution is 6.17. The molecule has 276 valence electrons. The van der Waals surface area contributed by atoms with Gasteiger partial charge in [0.15, 0.2) is 0 Å². The minimum atomic E-state index is -0.234. The standard InChI is InChI=1S/C53H37N3O2/c1-3-13-32(14-4-1)50-42-29-31-27-40-37-26-25-34(56-43-21-9-7-17-35(43)36-18-8-10-22-44(36)56)30-47(37)58-52(40)41(28-31)38-19-11-23-45-48(38)49-39(20-12-24-46(49)57-45)51(42)55-53(54-50)33-15-5-2-6-16-33/h1,3-5,7-28,34,51H,2,6,29-30H2,(H,54,55). The molecule has 9 aromatic rings. The average Bonchev–Trinajstić information content (AvgIpc) is 3.96. The molecule has 58 heavy (non-hydrogen) atoms. The second kappa shape index (κ2) is 12.2. The predicted octanol–water partition coefficient (Wildman–Crippen LogP) is 13.2. The molecule has 2 bridgehead atoms. The third kappa shape index (κ3) is 4.61. The van der Waals surface area contributed by atoms with Crippen molar-refractivity contribution in [2.24, 2.45) is 4.99 Å². The molecule has 1 N–H and O–H groups in total. The van der Waals surface area contributed by atoms with Crippen LogP contribution in [0.1, 0.15) is 52.9 Å². The van der Waals surface area contributed by atoms with E-state index in [0.29, 0.717) is 6.42 Å². The molecule has 0 amide bonds. The lowest BCUT2D eigenvalue weighted by molar-refractivity contribution is 0.500. The van der Waals surface area contributed by atoms with E-state index >= 15 is 0 Å². The van der Waals surface area contributed by atoms with Crippen LogP contribution >= 0.6 is 0 Å². The smallest absolute Gasteiger partial charge is 0.142 e. The number of amidine groups is 1. The topological polar surface area (TPSA) is 55.6 Å². The lowest BCUT2D eigenvalue weighted by Crippen LogP contribution is -2.31. The van der Waals surface area contributed by atoms with Gasteiger partial charge in [-0.25, -0.2) is 0 Å². The van der Waals surface area contributed by atoms with E-state index in [1.165, 1.54) is 38.5 Å². The van der Waals surface area contributed by atoms with Crippen LogP contribution in [-0.4, -0.2) is 10.4 Å². The van der Waals surface area contributed by atoms with Crippen LogP contribution in [0.2, 0.25) is 0 Å². The number of hydrogen-bond donors (Lipinski definition) is 1. The maximum absolute atomic E-state index is 7.14. The molecule has 1 aliphatic heterocycles. The zero-order valence-corrected chi connectivity index (χ0v) is 31.7. The number of benzene rings is 6. The summed E-state index contributed by atoms with van der Waals surface area (Å²) >= 11 is 0. The van der Waals surface area contributed by atoms with Crippen LogP contribution in [-0.2, 0) is 12.8 Å². The van der Waals surface area contributed by atoms with E-state index in [1.54, 1.807) is 0 Å². The van der Waals surface area contributed by atoms with Gasteiger partial charge in [0.05, 0.1) is 6.04 Å². The van der Waals surface area contributed by atoms with Crippen LogP contribution in [0.25, 0.3) is 77.6 Å². The van der Waals surface area contributed by atoms with E-state index < -0.39 is 0 Å². The molecular formula is C53H37N3O2. The first-order valence-corrected chi connectivity index (χ1v) is 20.4. The van der Waals surface area contributed by atoms with E-state index in [0.717, 1.165) is 97.3 Å². The zero-order chi connectivity index (χ0) is 37.9. The largest absolute Gasteiger partial charge is 0.460 e. The predicted molar refractivity (Wildman–Crippen MR) is 237 cm³/mol. The SMILES string of the molecule is C1=CC(C2=NC3C(=C(c4ccccc4)N2)Cc2cc(c4oc5c(c4c2)C=CC(n2c4ccccc4c4ccccc42)C5)-c2cccc4oc5cccc3c5c24)=CCC1. The molecule has 4 heterocycles. The number of furan rings is 2. The highest BCUT2D eigenvalue weighted by atomic mass is 16.3. The van der Waals surface area contributed by atoms with E-state index in [2.05, 4.69) is 168 Å². The highest BCUT2D eigenvalue weighted by Crippen LogP contribution is 2.49. The summed E-state index contributed by atoms with van der Waals surface area (Å²) in [5.41, 5.74) is 15.6. The van der Waals surface area contributed by atoms with Crippen molar-refractivity contribution in [2.75, 3.05) is 0 Å². The number of aromatic nitrogens is 1. The molecule has 5 nitrogen and oxygen atoms in total.